The molecular weight excluding hydrogens is 426 g/mol. The van der Waals surface area contributed by atoms with Crippen LogP contribution in [0.4, 0.5) is 5.69 Å². The molecule has 0 atom stereocenters. The molecule has 0 saturated heterocycles. The summed E-state index contributed by atoms with van der Waals surface area (Å²) in [6.07, 6.45) is 3.25. The monoisotopic (exact) mass is 441 g/mol. The van der Waals surface area contributed by atoms with Crippen LogP contribution in [0.2, 0.25) is 0 Å². The Kier molecular flexibility index (Phi) is 5.95. The van der Waals surface area contributed by atoms with Crippen LogP contribution in [0.15, 0.2) is 64.3 Å². The molecule has 9 heteroatoms. The van der Waals surface area contributed by atoms with Crippen molar-refractivity contribution in [3.63, 3.8) is 0 Å². The predicted molar refractivity (Wildman–Crippen MR) is 108 cm³/mol. The average molecular weight is 442 g/mol. The lowest BCUT2D eigenvalue weighted by molar-refractivity contribution is -0.384. The summed E-state index contributed by atoms with van der Waals surface area (Å²) in [5.74, 6) is -0.445. The number of nitrogens with one attached hydrogen (secondary N) is 1. The van der Waals surface area contributed by atoms with Crippen LogP contribution in [0.5, 0.6) is 0 Å². The maximum absolute atomic E-state index is 12.3. The number of non-ortho nitro benzene ring substituents is 1. The average Bonchev–Trinajstić information content (AvgIpc) is 3.04. The molecule has 1 aromatic heterocycles. The standard InChI is InChI=1S/C19H16BrN5O3/c1-13-4-2-3-5-15(13)10-21-22-19(26)18-17(20)12-24(23-18)11-14-6-8-16(9-7-14)25(27)28/h2-10,12H,11H2,1H3,(H,22,26)/b21-10-. The van der Waals surface area contributed by atoms with E-state index in [0.717, 1.165) is 16.7 Å². The van der Waals surface area contributed by atoms with Gasteiger partial charge in [0.05, 0.1) is 22.2 Å². The Balaban J connectivity index is 1.66. The minimum Gasteiger partial charge on any atom is -0.266 e. The molecule has 3 aromatic rings. The number of hydrogen-bond donors (Lipinski definition) is 1. The molecule has 0 radical (unpaired) electrons. The van der Waals surface area contributed by atoms with Gasteiger partial charge in [0, 0.05) is 18.3 Å². The lowest BCUT2D eigenvalue weighted by Crippen LogP contribution is -2.19. The highest BCUT2D eigenvalue weighted by atomic mass is 79.9. The highest BCUT2D eigenvalue weighted by molar-refractivity contribution is 9.10. The molecule has 1 amide bonds. The SMILES string of the molecule is Cc1ccccc1/C=N\NC(=O)c1nn(Cc2ccc([N+](=O)[O-])cc2)cc1Br. The molecular formula is C19H16BrN5O3. The number of hydrogen-bond acceptors (Lipinski definition) is 5. The molecule has 0 unspecified atom stereocenters. The van der Waals surface area contributed by atoms with Gasteiger partial charge in [0.1, 0.15) is 0 Å². The van der Waals surface area contributed by atoms with E-state index in [1.54, 1.807) is 29.2 Å². The maximum atomic E-state index is 12.3. The van der Waals surface area contributed by atoms with E-state index in [1.807, 2.05) is 31.2 Å². The molecule has 1 heterocycles. The minimum atomic E-state index is -0.450. The van der Waals surface area contributed by atoms with E-state index in [0.29, 0.717) is 11.0 Å². The highest BCUT2D eigenvalue weighted by Gasteiger charge is 2.15. The Morgan fingerprint density at radius 1 is 1.29 bits per heavy atom. The largest absolute Gasteiger partial charge is 0.293 e. The molecule has 0 aliphatic carbocycles. The van der Waals surface area contributed by atoms with Crippen LogP contribution >= 0.6 is 15.9 Å². The van der Waals surface area contributed by atoms with Gasteiger partial charge in [-0.1, -0.05) is 36.4 Å². The summed E-state index contributed by atoms with van der Waals surface area (Å²) >= 11 is 3.32. The van der Waals surface area contributed by atoms with Gasteiger partial charge in [-0.25, -0.2) is 5.43 Å². The molecule has 28 heavy (non-hydrogen) atoms. The number of aryl methyl sites for hydroxylation is 1. The number of aromatic nitrogens is 2. The van der Waals surface area contributed by atoms with Crippen molar-refractivity contribution in [2.45, 2.75) is 13.5 Å². The number of halogens is 1. The molecule has 0 fully saturated rings. The molecule has 8 nitrogen and oxygen atoms in total. The van der Waals surface area contributed by atoms with Crippen LogP contribution in [0.25, 0.3) is 0 Å². The third-order valence-corrected chi connectivity index (χ3v) is 4.56. The Bertz CT molecular complexity index is 1040. The van der Waals surface area contributed by atoms with Crippen molar-refractivity contribution < 1.29 is 9.72 Å². The fourth-order valence-electron chi connectivity index (χ4n) is 2.49. The number of carbonyl (C=O) groups is 1. The van der Waals surface area contributed by atoms with Crippen LogP contribution in [0.1, 0.15) is 27.2 Å². The van der Waals surface area contributed by atoms with Gasteiger partial charge in [-0.15, -0.1) is 0 Å². The van der Waals surface area contributed by atoms with Crippen molar-refractivity contribution in [2.24, 2.45) is 5.10 Å². The number of hydrazone groups is 1. The van der Waals surface area contributed by atoms with Crippen molar-refractivity contribution in [3.8, 4) is 0 Å². The quantitative estimate of drug-likeness (QED) is 0.358. The molecule has 0 saturated carbocycles. The predicted octanol–water partition coefficient (Wildman–Crippen LogP) is 3.67. The lowest BCUT2D eigenvalue weighted by Gasteiger charge is -2.01. The molecule has 0 bridgehead atoms. The topological polar surface area (TPSA) is 102 Å². The van der Waals surface area contributed by atoms with Crippen LogP contribution in [-0.4, -0.2) is 26.8 Å². The normalized spacial score (nSPS) is 10.9. The number of rotatable bonds is 6. The Morgan fingerprint density at radius 3 is 2.68 bits per heavy atom. The van der Waals surface area contributed by atoms with Gasteiger partial charge in [0.2, 0.25) is 0 Å². The fraction of sp³-hybridized carbons (Fsp3) is 0.105. The second-order valence-corrected chi connectivity index (χ2v) is 6.86. The van der Waals surface area contributed by atoms with Gasteiger partial charge in [-0.05, 0) is 39.5 Å². The van der Waals surface area contributed by atoms with E-state index < -0.39 is 10.8 Å². The van der Waals surface area contributed by atoms with Gasteiger partial charge >= 0.3 is 0 Å². The lowest BCUT2D eigenvalue weighted by atomic mass is 10.1. The van der Waals surface area contributed by atoms with E-state index >= 15 is 0 Å². The van der Waals surface area contributed by atoms with Crippen LogP contribution in [0.3, 0.4) is 0 Å². The Hall–Kier alpha value is -3.33. The van der Waals surface area contributed by atoms with Gasteiger partial charge in [-0.2, -0.15) is 10.2 Å². The Morgan fingerprint density at radius 2 is 2.00 bits per heavy atom. The van der Waals surface area contributed by atoms with E-state index in [-0.39, 0.29) is 11.4 Å². The van der Waals surface area contributed by atoms with Crippen molar-refractivity contribution >= 4 is 33.7 Å². The number of nitro benzene ring substituents is 1. The summed E-state index contributed by atoms with van der Waals surface area (Å²) in [6, 6.07) is 13.9. The summed E-state index contributed by atoms with van der Waals surface area (Å²) in [5.41, 5.74) is 5.47. The smallest absolute Gasteiger partial charge is 0.266 e. The van der Waals surface area contributed by atoms with Crippen LogP contribution < -0.4 is 5.43 Å². The maximum Gasteiger partial charge on any atom is 0.293 e. The van der Waals surface area contributed by atoms with E-state index in [9.17, 15) is 14.9 Å². The van der Waals surface area contributed by atoms with Crippen LogP contribution in [0, 0.1) is 17.0 Å². The first kappa shape index (κ1) is 19.4. The zero-order valence-electron chi connectivity index (χ0n) is 14.9. The second kappa shape index (κ2) is 8.57. The highest BCUT2D eigenvalue weighted by Crippen LogP contribution is 2.17. The number of amides is 1. The number of benzene rings is 2. The van der Waals surface area contributed by atoms with E-state index in [1.165, 1.54) is 12.1 Å². The van der Waals surface area contributed by atoms with Gasteiger partial charge in [0.25, 0.3) is 11.6 Å². The summed E-state index contributed by atoms with van der Waals surface area (Å²) in [4.78, 5) is 22.6. The van der Waals surface area contributed by atoms with Crippen molar-refractivity contribution in [3.05, 3.63) is 91.7 Å². The van der Waals surface area contributed by atoms with Crippen LogP contribution in [-0.2, 0) is 6.54 Å². The van der Waals surface area contributed by atoms with Crippen molar-refractivity contribution in [2.75, 3.05) is 0 Å². The molecule has 142 valence electrons. The molecule has 3 rings (SSSR count). The number of nitrogens with zero attached hydrogens (tertiary/aromatic N) is 4. The summed E-state index contributed by atoms with van der Waals surface area (Å²) in [6.45, 7) is 2.33. The first-order valence-corrected chi connectivity index (χ1v) is 9.08. The van der Waals surface area contributed by atoms with Gasteiger partial charge in [0.15, 0.2) is 5.69 Å². The third kappa shape index (κ3) is 4.68. The number of carbonyl (C=O) groups excluding carboxylic acids is 1. The number of nitro groups is 1. The molecule has 0 aliphatic heterocycles. The molecule has 0 aliphatic rings. The van der Waals surface area contributed by atoms with E-state index in [2.05, 4.69) is 31.6 Å². The molecule has 1 N–H and O–H groups in total. The molecule has 2 aromatic carbocycles. The zero-order valence-corrected chi connectivity index (χ0v) is 16.5. The zero-order chi connectivity index (χ0) is 20.1. The fourth-order valence-corrected chi connectivity index (χ4v) is 2.98. The minimum absolute atomic E-state index is 0.0250. The summed E-state index contributed by atoms with van der Waals surface area (Å²) in [7, 11) is 0. The third-order valence-electron chi connectivity index (χ3n) is 3.98. The molecule has 0 spiro atoms. The van der Waals surface area contributed by atoms with Crippen molar-refractivity contribution in [1.29, 1.82) is 0 Å². The van der Waals surface area contributed by atoms with Gasteiger partial charge in [-0.3, -0.25) is 19.6 Å². The van der Waals surface area contributed by atoms with Gasteiger partial charge < -0.3 is 0 Å². The van der Waals surface area contributed by atoms with Crippen molar-refractivity contribution in [1.82, 2.24) is 15.2 Å². The summed E-state index contributed by atoms with van der Waals surface area (Å²) in [5, 5.41) is 19.0. The Labute approximate surface area is 169 Å². The first-order chi connectivity index (χ1) is 13.4. The summed E-state index contributed by atoms with van der Waals surface area (Å²) < 4.78 is 2.10. The second-order valence-electron chi connectivity index (χ2n) is 6.00. The first-order valence-electron chi connectivity index (χ1n) is 8.29. The van der Waals surface area contributed by atoms with E-state index in [4.69, 9.17) is 0 Å².